The lowest BCUT2D eigenvalue weighted by atomic mass is 9.98. The zero-order chi connectivity index (χ0) is 16.0. The summed E-state index contributed by atoms with van der Waals surface area (Å²) in [5, 5.41) is 15.8. The van der Waals surface area contributed by atoms with Gasteiger partial charge in [-0.3, -0.25) is 4.79 Å². The van der Waals surface area contributed by atoms with Crippen LogP contribution in [-0.4, -0.2) is 30.8 Å². The van der Waals surface area contributed by atoms with Gasteiger partial charge in [-0.1, -0.05) is 5.16 Å². The lowest BCUT2D eigenvalue weighted by Gasteiger charge is -2.23. The summed E-state index contributed by atoms with van der Waals surface area (Å²) in [5.41, 5.74) is 1.88. The van der Waals surface area contributed by atoms with E-state index in [0.29, 0.717) is 17.9 Å². The van der Waals surface area contributed by atoms with E-state index in [-0.39, 0.29) is 11.8 Å². The van der Waals surface area contributed by atoms with Crippen molar-refractivity contribution >= 4 is 22.7 Å². The molecular formula is C15H16N6O2. The van der Waals surface area contributed by atoms with Gasteiger partial charge in [0.15, 0.2) is 0 Å². The first-order valence-electron chi connectivity index (χ1n) is 7.53. The Hall–Kier alpha value is -2.77. The fourth-order valence-electron chi connectivity index (χ4n) is 2.93. The van der Waals surface area contributed by atoms with Crippen molar-refractivity contribution in [3.63, 3.8) is 0 Å². The SMILES string of the molecule is Cc1noc2ncc(NC(=O)[C@H]3CCc4nnc(C)n4C3)cc12. The van der Waals surface area contributed by atoms with Crippen LogP contribution in [0.15, 0.2) is 16.8 Å². The number of nitrogens with one attached hydrogen (secondary N) is 1. The smallest absolute Gasteiger partial charge is 0.258 e. The number of rotatable bonds is 2. The number of fused-ring (bicyclic) bond motifs is 2. The van der Waals surface area contributed by atoms with E-state index in [4.69, 9.17) is 4.52 Å². The third-order valence-electron chi connectivity index (χ3n) is 4.28. The van der Waals surface area contributed by atoms with Crippen molar-refractivity contribution in [3.05, 3.63) is 29.6 Å². The molecule has 118 valence electrons. The first kappa shape index (κ1) is 13.9. The highest BCUT2D eigenvalue weighted by atomic mass is 16.5. The molecule has 1 aliphatic heterocycles. The Morgan fingerprint density at radius 2 is 2.26 bits per heavy atom. The average Bonchev–Trinajstić information content (AvgIpc) is 3.11. The van der Waals surface area contributed by atoms with E-state index in [9.17, 15) is 4.79 Å². The van der Waals surface area contributed by atoms with Gasteiger partial charge in [-0.25, -0.2) is 4.98 Å². The fraction of sp³-hybridized carbons (Fsp3) is 0.400. The normalized spacial score (nSPS) is 17.2. The molecule has 4 rings (SSSR count). The van der Waals surface area contributed by atoms with Gasteiger partial charge in [-0.05, 0) is 26.3 Å². The van der Waals surface area contributed by atoms with E-state index in [1.165, 1.54) is 0 Å². The van der Waals surface area contributed by atoms with Crippen LogP contribution in [0, 0.1) is 19.8 Å². The molecule has 0 unspecified atom stereocenters. The highest BCUT2D eigenvalue weighted by Gasteiger charge is 2.27. The molecule has 4 heterocycles. The Balaban J connectivity index is 1.53. The van der Waals surface area contributed by atoms with Gasteiger partial charge in [-0.2, -0.15) is 0 Å². The first-order valence-corrected chi connectivity index (χ1v) is 7.53. The average molecular weight is 312 g/mol. The minimum Gasteiger partial charge on any atom is -0.336 e. The van der Waals surface area contributed by atoms with Gasteiger partial charge in [0.05, 0.1) is 28.9 Å². The second-order valence-corrected chi connectivity index (χ2v) is 5.84. The van der Waals surface area contributed by atoms with Crippen molar-refractivity contribution in [1.29, 1.82) is 0 Å². The lowest BCUT2D eigenvalue weighted by Crippen LogP contribution is -2.31. The van der Waals surface area contributed by atoms with E-state index >= 15 is 0 Å². The largest absolute Gasteiger partial charge is 0.336 e. The highest BCUT2D eigenvalue weighted by molar-refractivity contribution is 5.94. The van der Waals surface area contributed by atoms with Crippen molar-refractivity contribution in [3.8, 4) is 0 Å². The summed E-state index contributed by atoms with van der Waals surface area (Å²) in [4.78, 5) is 16.7. The van der Waals surface area contributed by atoms with Gasteiger partial charge in [0.2, 0.25) is 5.91 Å². The van der Waals surface area contributed by atoms with Crippen LogP contribution in [0.4, 0.5) is 5.69 Å². The minimum atomic E-state index is -0.100. The summed E-state index contributed by atoms with van der Waals surface area (Å²) in [6.45, 7) is 4.36. The summed E-state index contributed by atoms with van der Waals surface area (Å²) < 4.78 is 7.09. The molecule has 8 heteroatoms. The van der Waals surface area contributed by atoms with Gasteiger partial charge in [0.25, 0.3) is 5.71 Å². The number of carbonyl (C=O) groups excluding carboxylic acids is 1. The molecule has 3 aromatic heterocycles. The molecule has 0 aliphatic carbocycles. The van der Waals surface area contributed by atoms with Crippen LogP contribution in [0.3, 0.4) is 0 Å². The molecule has 0 bridgehead atoms. The predicted octanol–water partition coefficient (Wildman–Crippen LogP) is 1.63. The minimum absolute atomic E-state index is 0.0148. The van der Waals surface area contributed by atoms with Crippen LogP contribution in [0.5, 0.6) is 0 Å². The molecule has 0 spiro atoms. The van der Waals surface area contributed by atoms with Gasteiger partial charge in [-0.15, -0.1) is 10.2 Å². The maximum atomic E-state index is 12.5. The van der Waals surface area contributed by atoms with Gasteiger partial charge < -0.3 is 14.4 Å². The van der Waals surface area contributed by atoms with Crippen LogP contribution in [0.2, 0.25) is 0 Å². The quantitative estimate of drug-likeness (QED) is 0.772. The summed E-state index contributed by atoms with van der Waals surface area (Å²) in [7, 11) is 0. The number of hydrogen-bond donors (Lipinski definition) is 1. The zero-order valence-corrected chi connectivity index (χ0v) is 12.9. The molecule has 0 radical (unpaired) electrons. The van der Waals surface area contributed by atoms with E-state index in [0.717, 1.165) is 35.6 Å². The van der Waals surface area contributed by atoms with Gasteiger partial charge in [0.1, 0.15) is 11.6 Å². The number of amides is 1. The molecule has 0 aromatic carbocycles. The van der Waals surface area contributed by atoms with Crippen LogP contribution in [0.25, 0.3) is 11.1 Å². The molecule has 1 aliphatic rings. The second-order valence-electron chi connectivity index (χ2n) is 5.84. The molecule has 23 heavy (non-hydrogen) atoms. The Kier molecular flexibility index (Phi) is 3.10. The van der Waals surface area contributed by atoms with E-state index in [2.05, 4.69) is 25.7 Å². The van der Waals surface area contributed by atoms with Gasteiger partial charge >= 0.3 is 0 Å². The molecule has 1 atom stereocenters. The molecular weight excluding hydrogens is 296 g/mol. The topological polar surface area (TPSA) is 98.7 Å². The molecule has 0 saturated heterocycles. The highest BCUT2D eigenvalue weighted by Crippen LogP contribution is 2.23. The van der Waals surface area contributed by atoms with Crippen LogP contribution in [0.1, 0.15) is 23.8 Å². The molecule has 1 N–H and O–H groups in total. The number of hydrogen-bond acceptors (Lipinski definition) is 6. The van der Waals surface area contributed by atoms with Crippen molar-refractivity contribution in [2.75, 3.05) is 5.32 Å². The van der Waals surface area contributed by atoms with Crippen LogP contribution < -0.4 is 5.32 Å². The lowest BCUT2D eigenvalue weighted by molar-refractivity contribution is -0.120. The van der Waals surface area contributed by atoms with E-state index in [1.54, 1.807) is 6.20 Å². The second kappa shape index (κ2) is 5.15. The number of nitrogens with zero attached hydrogens (tertiary/aromatic N) is 5. The summed E-state index contributed by atoms with van der Waals surface area (Å²) in [6, 6.07) is 1.84. The zero-order valence-electron chi connectivity index (χ0n) is 12.9. The number of anilines is 1. The van der Waals surface area contributed by atoms with Crippen molar-refractivity contribution < 1.29 is 9.32 Å². The van der Waals surface area contributed by atoms with Gasteiger partial charge in [0, 0.05) is 13.0 Å². The number of pyridine rings is 1. The van der Waals surface area contributed by atoms with Crippen molar-refractivity contribution in [1.82, 2.24) is 24.9 Å². The fourth-order valence-corrected chi connectivity index (χ4v) is 2.93. The molecule has 1 amide bonds. The third-order valence-corrected chi connectivity index (χ3v) is 4.28. The van der Waals surface area contributed by atoms with E-state index in [1.807, 2.05) is 24.5 Å². The van der Waals surface area contributed by atoms with E-state index < -0.39 is 0 Å². The molecule has 0 fully saturated rings. The summed E-state index contributed by atoms with van der Waals surface area (Å²) >= 11 is 0. The molecule has 0 saturated carbocycles. The maximum Gasteiger partial charge on any atom is 0.258 e. The number of carbonyl (C=O) groups is 1. The maximum absolute atomic E-state index is 12.5. The Bertz CT molecular complexity index is 897. The monoisotopic (exact) mass is 312 g/mol. The first-order chi connectivity index (χ1) is 11.1. The molecule has 8 nitrogen and oxygen atoms in total. The van der Waals surface area contributed by atoms with Crippen LogP contribution >= 0.6 is 0 Å². The Morgan fingerprint density at radius 3 is 3.13 bits per heavy atom. The summed E-state index contributed by atoms with van der Waals surface area (Å²) in [6.07, 6.45) is 3.12. The molecule has 3 aromatic rings. The number of aromatic nitrogens is 5. The Labute approximate surface area is 131 Å². The van der Waals surface area contributed by atoms with Crippen molar-refractivity contribution in [2.24, 2.45) is 5.92 Å². The summed E-state index contributed by atoms with van der Waals surface area (Å²) in [5.74, 6) is 1.69. The number of aryl methyl sites for hydroxylation is 3. The Morgan fingerprint density at radius 1 is 1.39 bits per heavy atom. The van der Waals surface area contributed by atoms with Crippen LogP contribution in [-0.2, 0) is 17.8 Å². The third kappa shape index (κ3) is 2.36. The van der Waals surface area contributed by atoms with Crippen molar-refractivity contribution in [2.45, 2.75) is 33.2 Å². The predicted molar refractivity (Wildman–Crippen MR) is 81.7 cm³/mol. The standard InChI is InChI=1S/C15H16N6O2/c1-8-12-5-11(6-16-15(12)23-20-8)17-14(22)10-3-4-13-19-18-9(2)21(13)7-10/h5-6,10H,3-4,7H2,1-2H3,(H,17,22)/t10-/m0/s1.